The van der Waals surface area contributed by atoms with Gasteiger partial charge >= 0.3 is 0 Å². The third-order valence-electron chi connectivity index (χ3n) is 4.63. The van der Waals surface area contributed by atoms with Gasteiger partial charge in [-0.15, -0.1) is 0 Å². The van der Waals surface area contributed by atoms with Crippen LogP contribution < -0.4 is 5.73 Å². The first-order valence-corrected chi connectivity index (χ1v) is 10.3. The molecule has 2 rings (SSSR count). The van der Waals surface area contributed by atoms with Crippen LogP contribution in [0.2, 0.25) is 18.1 Å². The zero-order valence-corrected chi connectivity index (χ0v) is 14.8. The minimum Gasteiger partial charge on any atom is -0.408 e. The molecule has 0 radical (unpaired) electrons. The summed E-state index contributed by atoms with van der Waals surface area (Å²) in [6, 6.07) is -0.124. The van der Waals surface area contributed by atoms with Crippen LogP contribution in [0.15, 0.2) is 12.2 Å². The standard InChI is InChI=1S/C15H29NO3Si/c1-14(2,3)20(6,7)19-11-9-8-10(16)12-13(11)18-15(4,5)17-12/h8-13H,16H2,1-7H3/t10-,11+,12+,13-/m1/s1. The molecule has 1 heterocycles. The maximum atomic E-state index is 6.49. The Morgan fingerprint density at radius 1 is 1.10 bits per heavy atom. The van der Waals surface area contributed by atoms with Crippen molar-refractivity contribution >= 4 is 8.32 Å². The molecule has 2 N–H and O–H groups in total. The molecular formula is C15H29NO3Si. The highest BCUT2D eigenvalue weighted by Crippen LogP contribution is 2.41. The summed E-state index contributed by atoms with van der Waals surface area (Å²) in [5.41, 5.74) is 6.12. The van der Waals surface area contributed by atoms with Crippen molar-refractivity contribution in [3.05, 3.63) is 12.2 Å². The van der Waals surface area contributed by atoms with Crippen molar-refractivity contribution in [1.29, 1.82) is 0 Å². The van der Waals surface area contributed by atoms with E-state index < -0.39 is 14.1 Å². The Balaban J connectivity index is 2.19. The van der Waals surface area contributed by atoms with Gasteiger partial charge in [0.25, 0.3) is 0 Å². The van der Waals surface area contributed by atoms with Crippen LogP contribution in [0.25, 0.3) is 0 Å². The summed E-state index contributed by atoms with van der Waals surface area (Å²) in [5, 5.41) is 0.172. The fourth-order valence-electron chi connectivity index (χ4n) is 2.45. The van der Waals surface area contributed by atoms with Gasteiger partial charge in [-0.1, -0.05) is 32.9 Å². The maximum absolute atomic E-state index is 6.49. The number of fused-ring (bicyclic) bond motifs is 1. The Hall–Kier alpha value is -0.203. The molecule has 0 saturated carbocycles. The lowest BCUT2D eigenvalue weighted by Gasteiger charge is -2.41. The van der Waals surface area contributed by atoms with E-state index in [1.165, 1.54) is 0 Å². The largest absolute Gasteiger partial charge is 0.408 e. The SMILES string of the molecule is CC1(C)O[C@@H]2[C@H](O1)[C@@H](O[Si](C)(C)C(C)(C)C)C=C[C@H]2N. The first-order valence-electron chi connectivity index (χ1n) is 7.40. The average molecular weight is 299 g/mol. The summed E-state index contributed by atoms with van der Waals surface area (Å²) < 4.78 is 18.5. The molecule has 5 heteroatoms. The van der Waals surface area contributed by atoms with Crippen LogP contribution in [0.4, 0.5) is 0 Å². The Labute approximate surface area is 123 Å². The quantitative estimate of drug-likeness (QED) is 0.629. The molecule has 0 spiro atoms. The van der Waals surface area contributed by atoms with Crippen LogP contribution in [-0.2, 0) is 13.9 Å². The van der Waals surface area contributed by atoms with Gasteiger partial charge in [0.05, 0.1) is 12.1 Å². The van der Waals surface area contributed by atoms with Crippen LogP contribution in [0.5, 0.6) is 0 Å². The number of hydrogen-bond acceptors (Lipinski definition) is 4. The molecule has 4 atom stereocenters. The highest BCUT2D eigenvalue weighted by atomic mass is 28.4. The smallest absolute Gasteiger partial charge is 0.193 e. The Morgan fingerprint density at radius 3 is 2.20 bits per heavy atom. The van der Waals surface area contributed by atoms with Gasteiger partial charge in [0.2, 0.25) is 0 Å². The van der Waals surface area contributed by atoms with E-state index in [0.717, 1.165) is 0 Å². The van der Waals surface area contributed by atoms with E-state index in [2.05, 4.69) is 39.9 Å². The molecule has 20 heavy (non-hydrogen) atoms. The van der Waals surface area contributed by atoms with Gasteiger partial charge < -0.3 is 19.6 Å². The fraction of sp³-hybridized carbons (Fsp3) is 0.867. The Bertz CT molecular complexity index is 400. The molecule has 0 unspecified atom stereocenters. The molecule has 4 nitrogen and oxygen atoms in total. The van der Waals surface area contributed by atoms with Gasteiger partial charge in [0.15, 0.2) is 14.1 Å². The molecular weight excluding hydrogens is 270 g/mol. The molecule has 116 valence electrons. The van der Waals surface area contributed by atoms with Crippen LogP contribution in [-0.4, -0.2) is 38.5 Å². The summed E-state index contributed by atoms with van der Waals surface area (Å²) >= 11 is 0. The Morgan fingerprint density at radius 2 is 1.65 bits per heavy atom. The maximum Gasteiger partial charge on any atom is 0.193 e. The molecule has 1 fully saturated rings. The minimum absolute atomic E-state index is 0.0672. The summed E-state index contributed by atoms with van der Waals surface area (Å²) in [5.74, 6) is -0.589. The summed E-state index contributed by atoms with van der Waals surface area (Å²) in [7, 11) is -1.85. The Kier molecular flexibility index (Phi) is 3.98. The van der Waals surface area contributed by atoms with Crippen LogP contribution in [0.3, 0.4) is 0 Å². The summed E-state index contributed by atoms with van der Waals surface area (Å²) in [4.78, 5) is 0. The van der Waals surface area contributed by atoms with E-state index in [-0.39, 0.29) is 29.4 Å². The van der Waals surface area contributed by atoms with Gasteiger partial charge in [-0.2, -0.15) is 0 Å². The number of rotatable bonds is 2. The summed E-state index contributed by atoms with van der Waals surface area (Å²) in [6.07, 6.45) is 3.74. The number of nitrogens with two attached hydrogens (primary N) is 1. The second kappa shape index (κ2) is 4.92. The molecule has 0 aromatic carbocycles. The fourth-order valence-corrected chi connectivity index (χ4v) is 3.70. The van der Waals surface area contributed by atoms with Gasteiger partial charge in [-0.3, -0.25) is 0 Å². The van der Waals surface area contributed by atoms with Crippen molar-refractivity contribution in [2.24, 2.45) is 5.73 Å². The first kappa shape index (κ1) is 16.2. The third-order valence-corrected chi connectivity index (χ3v) is 9.10. The zero-order valence-electron chi connectivity index (χ0n) is 13.8. The lowest BCUT2D eigenvalue weighted by molar-refractivity contribution is -0.151. The average Bonchev–Trinajstić information content (AvgIpc) is 2.57. The number of hydrogen-bond donors (Lipinski definition) is 1. The molecule has 1 aliphatic carbocycles. The van der Waals surface area contributed by atoms with Crippen LogP contribution in [0.1, 0.15) is 34.6 Å². The van der Waals surface area contributed by atoms with Crippen molar-refractivity contribution < 1.29 is 13.9 Å². The minimum atomic E-state index is -1.85. The topological polar surface area (TPSA) is 53.7 Å². The first-order chi connectivity index (χ1) is 8.93. The van der Waals surface area contributed by atoms with Crippen LogP contribution >= 0.6 is 0 Å². The lowest BCUT2D eigenvalue weighted by Crippen LogP contribution is -2.53. The second-order valence-corrected chi connectivity index (χ2v) is 12.6. The molecule has 0 aromatic rings. The molecule has 2 aliphatic rings. The van der Waals surface area contributed by atoms with E-state index >= 15 is 0 Å². The predicted molar refractivity (Wildman–Crippen MR) is 83.0 cm³/mol. The van der Waals surface area contributed by atoms with Crippen molar-refractivity contribution in [2.75, 3.05) is 0 Å². The second-order valence-electron chi connectivity index (χ2n) is 7.87. The molecule has 0 bridgehead atoms. The van der Waals surface area contributed by atoms with Crippen molar-refractivity contribution in [1.82, 2.24) is 0 Å². The highest BCUT2D eigenvalue weighted by Gasteiger charge is 2.51. The monoisotopic (exact) mass is 299 g/mol. The van der Waals surface area contributed by atoms with Crippen molar-refractivity contribution in [2.45, 2.75) is 82.9 Å². The number of ether oxygens (including phenoxy) is 2. The summed E-state index contributed by atoms with van der Waals surface area (Å²) in [6.45, 7) is 15.1. The molecule has 1 saturated heterocycles. The van der Waals surface area contributed by atoms with Crippen LogP contribution in [0, 0.1) is 0 Å². The van der Waals surface area contributed by atoms with Gasteiger partial charge in [-0.25, -0.2) is 0 Å². The van der Waals surface area contributed by atoms with E-state index in [0.29, 0.717) is 0 Å². The van der Waals surface area contributed by atoms with Crippen molar-refractivity contribution in [3.63, 3.8) is 0 Å². The third kappa shape index (κ3) is 3.02. The van der Waals surface area contributed by atoms with Crippen molar-refractivity contribution in [3.8, 4) is 0 Å². The molecule has 0 amide bonds. The molecule has 0 aromatic heterocycles. The zero-order chi connectivity index (χ0) is 15.3. The van der Waals surface area contributed by atoms with Gasteiger partial charge in [-0.05, 0) is 32.0 Å². The normalized spacial score (nSPS) is 37.0. The predicted octanol–water partition coefficient (Wildman–Crippen LogP) is 2.79. The van der Waals surface area contributed by atoms with E-state index in [1.807, 2.05) is 19.9 Å². The van der Waals surface area contributed by atoms with E-state index in [9.17, 15) is 0 Å². The van der Waals surface area contributed by atoms with Gasteiger partial charge in [0.1, 0.15) is 12.2 Å². The van der Waals surface area contributed by atoms with E-state index in [1.54, 1.807) is 0 Å². The highest BCUT2D eigenvalue weighted by molar-refractivity contribution is 6.74. The lowest BCUT2D eigenvalue weighted by atomic mass is 9.95. The van der Waals surface area contributed by atoms with Gasteiger partial charge in [0, 0.05) is 0 Å². The van der Waals surface area contributed by atoms with E-state index in [4.69, 9.17) is 19.6 Å². The molecule has 1 aliphatic heterocycles.